The number of aromatic nitrogens is 1. The summed E-state index contributed by atoms with van der Waals surface area (Å²) in [6.07, 6.45) is 3.66. The number of pyridine rings is 1. The number of rotatable bonds is 3. The van der Waals surface area contributed by atoms with Crippen molar-refractivity contribution < 1.29 is 14.1 Å². The van der Waals surface area contributed by atoms with Gasteiger partial charge in [-0.1, -0.05) is 0 Å². The summed E-state index contributed by atoms with van der Waals surface area (Å²) in [5.41, 5.74) is -0.632. The maximum Gasteiger partial charge on any atom is 0.349 e. The zero-order valence-corrected chi connectivity index (χ0v) is 7.14. The van der Waals surface area contributed by atoms with Gasteiger partial charge in [0.2, 0.25) is 11.6 Å². The number of halogens is 1. The van der Waals surface area contributed by atoms with Crippen LogP contribution in [-0.4, -0.2) is 16.0 Å². The lowest BCUT2D eigenvalue weighted by Gasteiger charge is -2.03. The first-order chi connectivity index (χ1) is 6.68. The molecule has 1 aromatic rings. The Labute approximate surface area is 78.7 Å². The fourth-order valence-corrected chi connectivity index (χ4v) is 1.04. The minimum absolute atomic E-state index is 0.0164. The zero-order valence-electron chi connectivity index (χ0n) is 7.14. The second-order valence-corrected chi connectivity index (χ2v) is 3.04. The summed E-state index contributed by atoms with van der Waals surface area (Å²) in [6.45, 7) is 0. The van der Waals surface area contributed by atoms with E-state index in [0.29, 0.717) is 0 Å². The van der Waals surface area contributed by atoms with Gasteiger partial charge in [0.1, 0.15) is 0 Å². The lowest BCUT2D eigenvalue weighted by atomic mass is 10.4. The Kier molecular flexibility index (Phi) is 2.03. The van der Waals surface area contributed by atoms with Crippen LogP contribution in [0, 0.1) is 15.9 Å². The van der Waals surface area contributed by atoms with E-state index >= 15 is 0 Å². The van der Waals surface area contributed by atoms with Crippen molar-refractivity contribution in [3.63, 3.8) is 0 Å². The third kappa shape index (κ3) is 1.63. The van der Waals surface area contributed by atoms with Gasteiger partial charge in [-0.05, 0) is 12.8 Å². The number of hydrogen-bond acceptors (Lipinski definition) is 4. The van der Waals surface area contributed by atoms with E-state index in [1.807, 2.05) is 0 Å². The second kappa shape index (κ2) is 3.21. The molecule has 6 heteroatoms. The van der Waals surface area contributed by atoms with E-state index in [4.69, 9.17) is 4.74 Å². The first kappa shape index (κ1) is 8.86. The van der Waals surface area contributed by atoms with E-state index in [9.17, 15) is 14.5 Å². The first-order valence-corrected chi connectivity index (χ1v) is 4.13. The maximum atomic E-state index is 13.0. The van der Waals surface area contributed by atoms with Crippen LogP contribution in [0.3, 0.4) is 0 Å². The van der Waals surface area contributed by atoms with E-state index < -0.39 is 16.4 Å². The molecule has 1 heterocycles. The van der Waals surface area contributed by atoms with Gasteiger partial charge in [-0.2, -0.15) is 4.39 Å². The van der Waals surface area contributed by atoms with Crippen molar-refractivity contribution in [2.75, 3.05) is 0 Å². The molecule has 5 nitrogen and oxygen atoms in total. The van der Waals surface area contributed by atoms with E-state index in [1.165, 1.54) is 6.20 Å². The predicted molar refractivity (Wildman–Crippen MR) is 44.5 cm³/mol. The quantitative estimate of drug-likeness (QED) is 0.547. The minimum Gasteiger partial charge on any atom is -0.482 e. The molecule has 0 saturated heterocycles. The highest BCUT2D eigenvalue weighted by Crippen LogP contribution is 2.33. The second-order valence-electron chi connectivity index (χ2n) is 3.04. The van der Waals surface area contributed by atoms with E-state index in [0.717, 1.165) is 19.0 Å². The Bertz CT molecular complexity index is 379. The predicted octanol–water partition coefficient (Wildman–Crippen LogP) is 1.67. The number of hydrogen-bond donors (Lipinski definition) is 0. The smallest absolute Gasteiger partial charge is 0.349 e. The van der Waals surface area contributed by atoms with Gasteiger partial charge >= 0.3 is 5.69 Å². The van der Waals surface area contributed by atoms with Crippen LogP contribution in [0.5, 0.6) is 5.75 Å². The van der Waals surface area contributed by atoms with E-state index in [-0.39, 0.29) is 11.9 Å². The number of nitrogens with zero attached hydrogens (tertiary/aromatic N) is 2. The van der Waals surface area contributed by atoms with Crippen LogP contribution in [0.25, 0.3) is 0 Å². The van der Waals surface area contributed by atoms with Gasteiger partial charge in [-0.3, -0.25) is 15.1 Å². The Hall–Kier alpha value is -1.72. The highest BCUT2D eigenvalue weighted by Gasteiger charge is 2.29. The summed E-state index contributed by atoms with van der Waals surface area (Å²) in [6, 6.07) is 0. The third-order valence-corrected chi connectivity index (χ3v) is 1.84. The van der Waals surface area contributed by atoms with Gasteiger partial charge in [0.15, 0.2) is 0 Å². The Morgan fingerprint density at radius 1 is 1.57 bits per heavy atom. The molecule has 0 aliphatic heterocycles. The summed E-state index contributed by atoms with van der Waals surface area (Å²) in [7, 11) is 0. The van der Waals surface area contributed by atoms with Gasteiger partial charge in [0.05, 0.1) is 23.4 Å². The molecule has 0 unspecified atom stereocenters. The Morgan fingerprint density at radius 2 is 2.29 bits per heavy atom. The van der Waals surface area contributed by atoms with Crippen LogP contribution < -0.4 is 4.74 Å². The molecular weight excluding hydrogens is 191 g/mol. The minimum atomic E-state index is -0.965. The van der Waals surface area contributed by atoms with Gasteiger partial charge in [-0.15, -0.1) is 0 Å². The normalized spacial score (nSPS) is 15.2. The molecule has 1 aliphatic rings. The maximum absolute atomic E-state index is 13.0. The molecule has 1 fully saturated rings. The molecule has 0 amide bonds. The summed E-state index contributed by atoms with van der Waals surface area (Å²) < 4.78 is 18.1. The van der Waals surface area contributed by atoms with Gasteiger partial charge in [0.25, 0.3) is 0 Å². The summed E-state index contributed by atoms with van der Waals surface area (Å²) in [5, 5.41) is 10.5. The fourth-order valence-electron chi connectivity index (χ4n) is 1.04. The number of ether oxygens (including phenoxy) is 1. The van der Waals surface area contributed by atoms with Crippen LogP contribution in [0.1, 0.15) is 12.8 Å². The monoisotopic (exact) mass is 198 g/mol. The molecule has 1 saturated carbocycles. The molecule has 74 valence electrons. The van der Waals surface area contributed by atoms with Crippen molar-refractivity contribution in [1.82, 2.24) is 4.98 Å². The standard InChI is InChI=1S/C8H7FN2O3/c9-6-3-10-4-7(8(6)11(12)13)14-5-1-2-5/h3-5H,1-2H2. The Morgan fingerprint density at radius 3 is 2.86 bits per heavy atom. The van der Waals surface area contributed by atoms with Crippen molar-refractivity contribution in [3.8, 4) is 5.75 Å². The molecule has 0 aromatic carbocycles. The van der Waals surface area contributed by atoms with Crippen molar-refractivity contribution in [2.24, 2.45) is 0 Å². The molecule has 1 aromatic heterocycles. The van der Waals surface area contributed by atoms with Crippen LogP contribution in [0.4, 0.5) is 10.1 Å². The van der Waals surface area contributed by atoms with Crippen LogP contribution in [0.2, 0.25) is 0 Å². The van der Waals surface area contributed by atoms with E-state index in [1.54, 1.807) is 0 Å². The Balaban J connectivity index is 2.35. The molecular formula is C8H7FN2O3. The third-order valence-electron chi connectivity index (χ3n) is 1.84. The SMILES string of the molecule is O=[N+]([O-])c1c(F)cncc1OC1CC1. The molecule has 0 atom stereocenters. The average Bonchev–Trinajstić information content (AvgIpc) is 2.87. The molecule has 1 aliphatic carbocycles. The highest BCUT2D eigenvalue weighted by molar-refractivity contribution is 5.45. The summed E-state index contributed by atoms with van der Waals surface area (Å²) >= 11 is 0. The van der Waals surface area contributed by atoms with Crippen LogP contribution in [0.15, 0.2) is 12.4 Å². The van der Waals surface area contributed by atoms with Crippen molar-refractivity contribution in [1.29, 1.82) is 0 Å². The van der Waals surface area contributed by atoms with E-state index in [2.05, 4.69) is 4.98 Å². The molecule has 0 N–H and O–H groups in total. The topological polar surface area (TPSA) is 65.3 Å². The van der Waals surface area contributed by atoms with Gasteiger partial charge in [-0.25, -0.2) is 0 Å². The summed E-state index contributed by atoms with van der Waals surface area (Å²) in [5.74, 6) is -1.05. The molecule has 2 rings (SSSR count). The first-order valence-electron chi connectivity index (χ1n) is 4.13. The largest absolute Gasteiger partial charge is 0.482 e. The molecule has 0 spiro atoms. The number of nitro groups is 1. The lowest BCUT2D eigenvalue weighted by molar-refractivity contribution is -0.388. The zero-order chi connectivity index (χ0) is 10.1. The average molecular weight is 198 g/mol. The van der Waals surface area contributed by atoms with Crippen LogP contribution in [-0.2, 0) is 0 Å². The van der Waals surface area contributed by atoms with Gasteiger partial charge < -0.3 is 4.74 Å². The van der Waals surface area contributed by atoms with Crippen molar-refractivity contribution in [3.05, 3.63) is 28.3 Å². The summed E-state index contributed by atoms with van der Waals surface area (Å²) in [4.78, 5) is 13.2. The van der Waals surface area contributed by atoms with Crippen LogP contribution >= 0.6 is 0 Å². The molecule has 0 radical (unpaired) electrons. The molecule has 14 heavy (non-hydrogen) atoms. The van der Waals surface area contributed by atoms with Gasteiger partial charge in [0, 0.05) is 0 Å². The molecule has 0 bridgehead atoms. The van der Waals surface area contributed by atoms with Crippen molar-refractivity contribution in [2.45, 2.75) is 18.9 Å². The van der Waals surface area contributed by atoms with Crippen molar-refractivity contribution >= 4 is 5.69 Å². The fraction of sp³-hybridized carbons (Fsp3) is 0.375. The lowest BCUT2D eigenvalue weighted by Crippen LogP contribution is -2.02. The highest BCUT2D eigenvalue weighted by atomic mass is 19.1.